The summed E-state index contributed by atoms with van der Waals surface area (Å²) in [5.74, 6) is -0.826. The lowest BCUT2D eigenvalue weighted by Gasteiger charge is -2.11. The number of carbonyl (C=O) groups is 1. The van der Waals surface area contributed by atoms with E-state index in [0.717, 1.165) is 12.1 Å². The molecule has 0 N–H and O–H groups in total. The number of carbonyl (C=O) groups excluding carboxylic acids is 1. The number of hydrogen-bond acceptors (Lipinski definition) is 3. The van der Waals surface area contributed by atoms with Gasteiger partial charge in [-0.25, -0.2) is 9.78 Å². The summed E-state index contributed by atoms with van der Waals surface area (Å²) in [6.07, 6.45) is -4.58. The smallest absolute Gasteiger partial charge is 0.416 e. The first-order valence-electron chi connectivity index (χ1n) is 5.67. The van der Waals surface area contributed by atoms with E-state index in [0.29, 0.717) is 0 Å². The van der Waals surface area contributed by atoms with E-state index in [9.17, 15) is 18.0 Å². The van der Waals surface area contributed by atoms with E-state index in [2.05, 4.69) is 4.98 Å². The van der Waals surface area contributed by atoms with Crippen LogP contribution in [0.4, 0.5) is 13.2 Å². The van der Waals surface area contributed by atoms with Crippen molar-refractivity contribution < 1.29 is 22.7 Å². The molecule has 3 nitrogen and oxygen atoms in total. The molecule has 2 rings (SSSR count). The Morgan fingerprint density at radius 2 is 2.05 bits per heavy atom. The first-order valence-corrected chi connectivity index (χ1v) is 6.05. The second-order valence-electron chi connectivity index (χ2n) is 3.94. The summed E-state index contributed by atoms with van der Waals surface area (Å²) in [6.45, 7) is 1.64. The Morgan fingerprint density at radius 1 is 1.35 bits per heavy atom. The van der Waals surface area contributed by atoms with Crippen LogP contribution in [0.5, 0.6) is 0 Å². The number of benzene rings is 1. The monoisotopic (exact) mass is 303 g/mol. The lowest BCUT2D eigenvalue weighted by Crippen LogP contribution is -2.11. The highest BCUT2D eigenvalue weighted by Gasteiger charge is 2.32. The van der Waals surface area contributed by atoms with Gasteiger partial charge in [0, 0.05) is 5.39 Å². The minimum absolute atomic E-state index is 0.00428. The predicted octanol–water partition coefficient (Wildman–Crippen LogP) is 4.08. The Hall–Kier alpha value is -1.82. The van der Waals surface area contributed by atoms with Crippen LogP contribution < -0.4 is 0 Å². The van der Waals surface area contributed by atoms with Gasteiger partial charge in [0.15, 0.2) is 0 Å². The van der Waals surface area contributed by atoms with Gasteiger partial charge < -0.3 is 4.74 Å². The number of aromatic nitrogens is 1. The molecule has 1 heterocycles. The molecule has 0 saturated carbocycles. The minimum Gasteiger partial charge on any atom is -0.462 e. The molecular formula is C13H9ClF3NO2. The fraction of sp³-hybridized carbons (Fsp3) is 0.231. The summed E-state index contributed by atoms with van der Waals surface area (Å²) in [4.78, 5) is 15.6. The fourth-order valence-electron chi connectivity index (χ4n) is 1.75. The van der Waals surface area contributed by atoms with Crippen LogP contribution in [0.2, 0.25) is 5.15 Å². The van der Waals surface area contributed by atoms with Crippen LogP contribution >= 0.6 is 11.6 Å². The highest BCUT2D eigenvalue weighted by atomic mass is 35.5. The molecule has 0 aliphatic rings. The second kappa shape index (κ2) is 5.28. The van der Waals surface area contributed by atoms with Crippen molar-refractivity contribution in [2.75, 3.05) is 6.61 Å². The molecule has 0 fully saturated rings. The maximum atomic E-state index is 12.8. The summed E-state index contributed by atoms with van der Waals surface area (Å²) < 4.78 is 43.3. The Kier molecular flexibility index (Phi) is 3.85. The minimum atomic E-state index is -4.58. The maximum absolute atomic E-state index is 12.8. The highest BCUT2D eigenvalue weighted by molar-refractivity contribution is 6.29. The van der Waals surface area contributed by atoms with Gasteiger partial charge in [-0.05, 0) is 31.2 Å². The zero-order valence-electron chi connectivity index (χ0n) is 10.3. The summed E-state index contributed by atoms with van der Waals surface area (Å²) in [6, 6.07) is 4.46. The molecule has 0 amide bonds. The average Bonchev–Trinajstić information content (AvgIpc) is 2.36. The second-order valence-corrected chi connectivity index (χ2v) is 4.33. The molecule has 1 aromatic heterocycles. The topological polar surface area (TPSA) is 39.2 Å². The summed E-state index contributed by atoms with van der Waals surface area (Å²) in [5.41, 5.74) is -1.15. The number of hydrogen-bond donors (Lipinski definition) is 0. The van der Waals surface area contributed by atoms with Crippen LogP contribution in [0.1, 0.15) is 22.8 Å². The number of rotatable bonds is 2. The average molecular weight is 304 g/mol. The van der Waals surface area contributed by atoms with E-state index in [1.165, 1.54) is 12.1 Å². The van der Waals surface area contributed by atoms with Crippen LogP contribution in [0.15, 0.2) is 24.3 Å². The van der Waals surface area contributed by atoms with E-state index in [-0.39, 0.29) is 28.2 Å². The summed E-state index contributed by atoms with van der Waals surface area (Å²) >= 11 is 5.67. The lowest BCUT2D eigenvalue weighted by atomic mass is 10.0. The van der Waals surface area contributed by atoms with Crippen molar-refractivity contribution in [1.29, 1.82) is 0 Å². The van der Waals surface area contributed by atoms with Gasteiger partial charge in [-0.2, -0.15) is 13.2 Å². The van der Waals surface area contributed by atoms with Gasteiger partial charge >= 0.3 is 12.1 Å². The SMILES string of the molecule is CCOC(=O)c1cc(C(F)(F)F)cc2nc(Cl)ccc12. The predicted molar refractivity (Wildman–Crippen MR) is 67.7 cm³/mol. The Labute approximate surface area is 117 Å². The molecule has 0 spiro atoms. The van der Waals surface area contributed by atoms with Crippen molar-refractivity contribution in [3.8, 4) is 0 Å². The van der Waals surface area contributed by atoms with Gasteiger partial charge in [0.05, 0.1) is 23.3 Å². The summed E-state index contributed by atoms with van der Waals surface area (Å²) in [7, 11) is 0. The first kappa shape index (κ1) is 14.6. The van der Waals surface area contributed by atoms with Gasteiger partial charge in [-0.15, -0.1) is 0 Å². The van der Waals surface area contributed by atoms with Gasteiger partial charge in [0.2, 0.25) is 0 Å². The molecular weight excluding hydrogens is 295 g/mol. The van der Waals surface area contributed by atoms with E-state index in [4.69, 9.17) is 16.3 Å². The van der Waals surface area contributed by atoms with Crippen LogP contribution in [-0.2, 0) is 10.9 Å². The van der Waals surface area contributed by atoms with E-state index >= 15 is 0 Å². The number of esters is 1. The maximum Gasteiger partial charge on any atom is 0.416 e. The van der Waals surface area contributed by atoms with Crippen LogP contribution in [0.25, 0.3) is 10.9 Å². The summed E-state index contributed by atoms with van der Waals surface area (Å²) in [5, 5.41) is 0.312. The van der Waals surface area contributed by atoms with Gasteiger partial charge in [-0.3, -0.25) is 0 Å². The van der Waals surface area contributed by atoms with Gasteiger partial charge in [0.1, 0.15) is 5.15 Å². The van der Waals surface area contributed by atoms with Gasteiger partial charge in [-0.1, -0.05) is 11.6 Å². The largest absolute Gasteiger partial charge is 0.462 e. The molecule has 0 saturated heterocycles. The van der Waals surface area contributed by atoms with E-state index < -0.39 is 17.7 Å². The molecule has 20 heavy (non-hydrogen) atoms. The number of alkyl halides is 3. The molecule has 0 bridgehead atoms. The number of nitrogens with zero attached hydrogens (tertiary/aromatic N) is 1. The molecule has 7 heteroatoms. The molecule has 1 aromatic carbocycles. The Balaban J connectivity index is 2.72. The number of halogens is 4. The van der Waals surface area contributed by atoms with Gasteiger partial charge in [0.25, 0.3) is 0 Å². The molecule has 0 aliphatic heterocycles. The van der Waals surface area contributed by atoms with Crippen molar-refractivity contribution in [3.05, 3.63) is 40.5 Å². The molecule has 0 atom stereocenters. The Bertz CT molecular complexity index is 670. The van der Waals surface area contributed by atoms with Crippen LogP contribution in [0, 0.1) is 0 Å². The highest BCUT2D eigenvalue weighted by Crippen LogP contribution is 2.33. The number of pyridine rings is 1. The third kappa shape index (κ3) is 2.85. The third-order valence-electron chi connectivity index (χ3n) is 2.60. The fourth-order valence-corrected chi connectivity index (χ4v) is 1.91. The Morgan fingerprint density at radius 3 is 2.65 bits per heavy atom. The van der Waals surface area contributed by atoms with Crippen molar-refractivity contribution in [3.63, 3.8) is 0 Å². The van der Waals surface area contributed by atoms with E-state index in [1.54, 1.807) is 6.92 Å². The van der Waals surface area contributed by atoms with E-state index in [1.807, 2.05) is 0 Å². The third-order valence-corrected chi connectivity index (χ3v) is 2.81. The van der Waals surface area contributed by atoms with Crippen molar-refractivity contribution in [2.45, 2.75) is 13.1 Å². The normalized spacial score (nSPS) is 11.7. The molecule has 0 radical (unpaired) electrons. The van der Waals surface area contributed by atoms with Crippen molar-refractivity contribution in [1.82, 2.24) is 4.98 Å². The molecule has 2 aromatic rings. The standard InChI is InChI=1S/C13H9ClF3NO2/c1-2-20-12(19)9-5-7(13(15,16)17)6-10-8(9)3-4-11(14)18-10/h3-6H,2H2,1H3. The van der Waals surface area contributed by atoms with Crippen molar-refractivity contribution in [2.24, 2.45) is 0 Å². The zero-order chi connectivity index (χ0) is 14.9. The van der Waals surface area contributed by atoms with Crippen LogP contribution in [0.3, 0.4) is 0 Å². The van der Waals surface area contributed by atoms with Crippen molar-refractivity contribution >= 4 is 28.5 Å². The molecule has 0 unspecified atom stereocenters. The molecule has 0 aliphatic carbocycles. The lowest BCUT2D eigenvalue weighted by molar-refractivity contribution is -0.137. The molecule has 106 valence electrons. The zero-order valence-corrected chi connectivity index (χ0v) is 11.0. The quantitative estimate of drug-likeness (QED) is 0.620. The first-order chi connectivity index (χ1) is 9.32. The number of ether oxygens (including phenoxy) is 1. The number of fused-ring (bicyclic) bond motifs is 1. The van der Waals surface area contributed by atoms with Crippen LogP contribution in [-0.4, -0.2) is 17.6 Å².